The largest absolute Gasteiger partial charge is 0.439 e. The van der Waals surface area contributed by atoms with Crippen molar-refractivity contribution in [2.75, 3.05) is 7.05 Å². The molecule has 0 fully saturated rings. The molecule has 0 radical (unpaired) electrons. The number of rotatable bonds is 4. The van der Waals surface area contributed by atoms with Crippen molar-refractivity contribution in [3.05, 3.63) is 17.8 Å². The van der Waals surface area contributed by atoms with E-state index >= 15 is 0 Å². The first-order valence-corrected chi connectivity index (χ1v) is 4.43. The molecule has 3 nitrogen and oxygen atoms in total. The van der Waals surface area contributed by atoms with E-state index in [9.17, 15) is 8.78 Å². The van der Waals surface area contributed by atoms with Crippen LogP contribution in [-0.4, -0.2) is 18.1 Å². The molecule has 0 amide bonds. The first-order chi connectivity index (χ1) is 6.43. The number of likely N-dealkylation sites (N-methyl/N-ethyl adjacent to an activating group) is 1. The fourth-order valence-corrected chi connectivity index (χ4v) is 0.972. The molecule has 5 heteroatoms. The maximum absolute atomic E-state index is 12.7. The van der Waals surface area contributed by atoms with Crippen LogP contribution in [0.25, 0.3) is 0 Å². The van der Waals surface area contributed by atoms with Gasteiger partial charge in [0.25, 0.3) is 0 Å². The number of alkyl halides is 2. The van der Waals surface area contributed by atoms with E-state index in [2.05, 4.69) is 10.3 Å². The number of halogens is 2. The summed E-state index contributed by atoms with van der Waals surface area (Å²) in [7, 11) is 1.79. The second-order valence-electron chi connectivity index (χ2n) is 3.40. The Hall–Kier alpha value is -0.970. The second kappa shape index (κ2) is 4.04. The lowest BCUT2D eigenvalue weighted by atomic mass is 10.2. The van der Waals surface area contributed by atoms with E-state index in [4.69, 9.17) is 4.42 Å². The van der Waals surface area contributed by atoms with Gasteiger partial charge in [0.2, 0.25) is 0 Å². The molecule has 0 aliphatic carbocycles. The molecule has 1 heterocycles. The Labute approximate surface area is 81.5 Å². The van der Waals surface area contributed by atoms with Crippen LogP contribution in [0.2, 0.25) is 0 Å². The lowest BCUT2D eigenvalue weighted by Crippen LogP contribution is -2.23. The van der Waals surface area contributed by atoms with Gasteiger partial charge in [0.15, 0.2) is 11.7 Å². The summed E-state index contributed by atoms with van der Waals surface area (Å²) >= 11 is 0. The van der Waals surface area contributed by atoms with Gasteiger partial charge in [-0.1, -0.05) is 0 Å². The minimum Gasteiger partial charge on any atom is -0.439 e. The van der Waals surface area contributed by atoms with Gasteiger partial charge in [-0.25, -0.2) is 4.98 Å². The molecule has 1 unspecified atom stereocenters. The quantitative estimate of drug-likeness (QED) is 0.814. The molecule has 0 aliphatic heterocycles. The molecule has 0 aliphatic rings. The van der Waals surface area contributed by atoms with Gasteiger partial charge in [0.05, 0.1) is 6.20 Å². The zero-order valence-electron chi connectivity index (χ0n) is 8.47. The third kappa shape index (κ3) is 2.77. The van der Waals surface area contributed by atoms with Crippen LogP contribution in [0, 0.1) is 0 Å². The predicted octanol–water partition coefficient (Wildman–Crippen LogP) is 1.94. The number of nitrogens with one attached hydrogen (secondary N) is 1. The predicted molar refractivity (Wildman–Crippen MR) is 48.3 cm³/mol. The van der Waals surface area contributed by atoms with Crippen molar-refractivity contribution in [1.82, 2.24) is 10.3 Å². The normalized spacial score (nSPS) is 14.4. The van der Waals surface area contributed by atoms with E-state index < -0.39 is 5.92 Å². The van der Waals surface area contributed by atoms with E-state index in [1.165, 1.54) is 0 Å². The van der Waals surface area contributed by atoms with Gasteiger partial charge >= 0.3 is 5.92 Å². The average molecular weight is 204 g/mol. The van der Waals surface area contributed by atoms with Crippen molar-refractivity contribution in [1.29, 1.82) is 0 Å². The standard InChI is InChI=1S/C9H14F2N2O/c1-6(12-3)4-8-13-5-7(14-8)9(2,10)11/h5-6,12H,4H2,1-3H3. The Morgan fingerprint density at radius 3 is 2.71 bits per heavy atom. The van der Waals surface area contributed by atoms with Crippen LogP contribution in [0.1, 0.15) is 25.5 Å². The van der Waals surface area contributed by atoms with Crippen LogP contribution in [0.15, 0.2) is 10.6 Å². The fraction of sp³-hybridized carbons (Fsp3) is 0.667. The van der Waals surface area contributed by atoms with Crippen LogP contribution in [-0.2, 0) is 12.3 Å². The third-order valence-corrected chi connectivity index (χ3v) is 1.96. The maximum atomic E-state index is 12.7. The van der Waals surface area contributed by atoms with E-state index in [1.807, 2.05) is 6.92 Å². The van der Waals surface area contributed by atoms with Crippen molar-refractivity contribution >= 4 is 0 Å². The van der Waals surface area contributed by atoms with Gasteiger partial charge in [0, 0.05) is 19.4 Å². The minimum atomic E-state index is -2.95. The Bertz CT molecular complexity index is 293. The molecule has 0 saturated carbocycles. The summed E-state index contributed by atoms with van der Waals surface area (Å²) in [6, 6.07) is 0.159. The van der Waals surface area contributed by atoms with E-state index in [0.29, 0.717) is 12.3 Å². The summed E-state index contributed by atoms with van der Waals surface area (Å²) in [5, 5.41) is 2.97. The highest BCUT2D eigenvalue weighted by Crippen LogP contribution is 2.27. The van der Waals surface area contributed by atoms with Gasteiger partial charge in [0.1, 0.15) is 0 Å². The number of hydrogen-bond donors (Lipinski definition) is 1. The number of hydrogen-bond acceptors (Lipinski definition) is 3. The average Bonchev–Trinajstić information content (AvgIpc) is 2.51. The van der Waals surface area contributed by atoms with Crippen LogP contribution >= 0.6 is 0 Å². The molecule has 0 spiro atoms. The fourth-order valence-electron chi connectivity index (χ4n) is 0.972. The van der Waals surface area contributed by atoms with Gasteiger partial charge < -0.3 is 9.73 Å². The van der Waals surface area contributed by atoms with Gasteiger partial charge in [-0.05, 0) is 14.0 Å². The Balaban J connectivity index is 2.69. The molecule has 1 aromatic rings. The second-order valence-corrected chi connectivity index (χ2v) is 3.40. The van der Waals surface area contributed by atoms with Crippen LogP contribution in [0.4, 0.5) is 8.78 Å². The van der Waals surface area contributed by atoms with E-state index in [1.54, 1.807) is 7.05 Å². The molecule has 1 N–H and O–H groups in total. The van der Waals surface area contributed by atoms with Crippen molar-refractivity contribution in [2.45, 2.75) is 32.2 Å². The first kappa shape index (κ1) is 11.1. The molecule has 1 atom stereocenters. The number of aromatic nitrogens is 1. The van der Waals surface area contributed by atoms with Crippen molar-refractivity contribution in [3.8, 4) is 0 Å². The lowest BCUT2D eigenvalue weighted by molar-refractivity contribution is -0.00633. The molecule has 0 aromatic carbocycles. The number of oxazole rings is 1. The summed E-state index contributed by atoms with van der Waals surface area (Å²) in [5.74, 6) is -2.99. The maximum Gasteiger partial charge on any atom is 0.303 e. The Kier molecular flexibility index (Phi) is 3.21. The summed E-state index contributed by atoms with van der Waals surface area (Å²) in [6.45, 7) is 2.72. The van der Waals surface area contributed by atoms with E-state index in [0.717, 1.165) is 13.1 Å². The third-order valence-electron chi connectivity index (χ3n) is 1.96. The molecule has 80 valence electrons. The molecular formula is C9H14F2N2O. The van der Waals surface area contributed by atoms with Crippen LogP contribution < -0.4 is 5.32 Å². The first-order valence-electron chi connectivity index (χ1n) is 4.43. The van der Waals surface area contributed by atoms with Crippen molar-refractivity contribution < 1.29 is 13.2 Å². The minimum absolute atomic E-state index is 0.159. The lowest BCUT2D eigenvalue weighted by Gasteiger charge is -2.07. The summed E-state index contributed by atoms with van der Waals surface area (Å²) in [4.78, 5) is 3.78. The van der Waals surface area contributed by atoms with Gasteiger partial charge in [-0.2, -0.15) is 8.78 Å². The monoisotopic (exact) mass is 204 g/mol. The highest BCUT2D eigenvalue weighted by atomic mass is 19.3. The molecule has 0 bridgehead atoms. The van der Waals surface area contributed by atoms with Gasteiger partial charge in [-0.15, -0.1) is 0 Å². The molecule has 14 heavy (non-hydrogen) atoms. The zero-order valence-corrected chi connectivity index (χ0v) is 8.47. The number of nitrogens with zero attached hydrogens (tertiary/aromatic N) is 1. The highest BCUT2D eigenvalue weighted by molar-refractivity contribution is 5.01. The SMILES string of the molecule is CNC(C)Cc1ncc(C(C)(F)F)o1. The summed E-state index contributed by atoms with van der Waals surface area (Å²) < 4.78 is 30.4. The Morgan fingerprint density at radius 2 is 2.29 bits per heavy atom. The van der Waals surface area contributed by atoms with Crippen LogP contribution in [0.5, 0.6) is 0 Å². The molecule has 0 saturated heterocycles. The van der Waals surface area contributed by atoms with Crippen molar-refractivity contribution in [2.24, 2.45) is 0 Å². The smallest absolute Gasteiger partial charge is 0.303 e. The molecule has 1 rings (SSSR count). The van der Waals surface area contributed by atoms with Gasteiger partial charge in [-0.3, -0.25) is 0 Å². The van der Waals surface area contributed by atoms with E-state index in [-0.39, 0.29) is 11.8 Å². The molecule has 1 aromatic heterocycles. The topological polar surface area (TPSA) is 38.1 Å². The molecular weight excluding hydrogens is 190 g/mol. The van der Waals surface area contributed by atoms with Crippen LogP contribution in [0.3, 0.4) is 0 Å². The highest BCUT2D eigenvalue weighted by Gasteiger charge is 2.29. The summed E-state index contributed by atoms with van der Waals surface area (Å²) in [6.07, 6.45) is 1.59. The zero-order chi connectivity index (χ0) is 10.8. The summed E-state index contributed by atoms with van der Waals surface area (Å²) in [5.41, 5.74) is 0. The van der Waals surface area contributed by atoms with Crippen molar-refractivity contribution in [3.63, 3.8) is 0 Å². The Morgan fingerprint density at radius 1 is 1.64 bits per heavy atom.